The summed E-state index contributed by atoms with van der Waals surface area (Å²) in [6, 6.07) is 12.4. The Labute approximate surface area is 234 Å². The second-order valence-corrected chi connectivity index (χ2v) is 20.5. The van der Waals surface area contributed by atoms with Crippen LogP contribution in [0.5, 0.6) is 0 Å². The summed E-state index contributed by atoms with van der Waals surface area (Å²) in [7, 11) is 0.307. The third-order valence-corrected chi connectivity index (χ3v) is 18.2. The zero-order valence-corrected chi connectivity index (χ0v) is 28.2. The van der Waals surface area contributed by atoms with Crippen LogP contribution in [0.15, 0.2) is 45.8 Å². The van der Waals surface area contributed by atoms with Gasteiger partial charge in [-0.1, -0.05) is 0 Å². The first-order chi connectivity index (χ1) is 17.5. The summed E-state index contributed by atoms with van der Waals surface area (Å²) < 4.78 is 3.03. The maximum atomic E-state index is 3.03. The monoisotopic (exact) mass is 577 g/mol. The van der Waals surface area contributed by atoms with Crippen molar-refractivity contribution in [1.29, 1.82) is 0 Å². The molecule has 0 saturated heterocycles. The molecule has 1 heterocycles. The molecule has 2 aromatic rings. The fraction of sp³-hybridized carbons (Fsp3) is 0.588. The topological polar surface area (TPSA) is 3.24 Å². The molecule has 37 heavy (non-hydrogen) atoms. The summed E-state index contributed by atoms with van der Waals surface area (Å²) in [6.45, 7) is 24.1. The normalized spacial score (nSPS) is 23.0. The molecule has 1 nitrogen and oxygen atoms in total. The van der Waals surface area contributed by atoms with E-state index in [1.807, 2.05) is 10.6 Å². The molecule has 5 rings (SSSR count). The third-order valence-electron chi connectivity index (χ3n) is 9.03. The van der Waals surface area contributed by atoms with E-state index in [0.717, 1.165) is 11.8 Å². The van der Waals surface area contributed by atoms with E-state index in [-0.39, 0.29) is 0 Å². The summed E-state index contributed by atoms with van der Waals surface area (Å²) in [5, 5.41) is 0. The molecular weight excluding hydrogens is 527 g/mol. The van der Waals surface area contributed by atoms with E-state index in [0.29, 0.717) is 38.3 Å². The van der Waals surface area contributed by atoms with Crippen LogP contribution in [0.2, 0.25) is 0 Å². The Morgan fingerprint density at radius 1 is 0.703 bits per heavy atom. The zero-order chi connectivity index (χ0) is 26.8. The van der Waals surface area contributed by atoms with Crippen LogP contribution in [-0.2, 0) is 0 Å². The molecule has 0 spiro atoms. The van der Waals surface area contributed by atoms with Gasteiger partial charge < -0.3 is 0 Å². The standard InChI is InChI=1S/C34H49GeNS/c1-19(2)26-17-29(22(7)8)34(30(18-26)23(9)10)37-33-25-15-14-24(16-25)31(33)36(35-37)32-27(20(3)4)12-11-13-28(32)21(5)6/h11-13,17-25,35H,14-16H2,1-10H3. The number of allylic oxidation sites excluding steroid dienone is 2. The van der Waals surface area contributed by atoms with Gasteiger partial charge in [-0.3, -0.25) is 0 Å². The van der Waals surface area contributed by atoms with E-state index in [1.165, 1.54) is 24.8 Å². The Kier molecular flexibility index (Phi) is 7.75. The van der Waals surface area contributed by atoms with Gasteiger partial charge in [-0.15, -0.1) is 0 Å². The van der Waals surface area contributed by atoms with E-state index < -0.39 is 14.0 Å². The zero-order valence-electron chi connectivity index (χ0n) is 25.0. The van der Waals surface area contributed by atoms with Crippen LogP contribution < -0.4 is 3.86 Å². The van der Waals surface area contributed by atoms with Crippen molar-refractivity contribution in [2.75, 3.05) is 3.86 Å². The van der Waals surface area contributed by atoms with Crippen molar-refractivity contribution < 1.29 is 0 Å². The predicted molar refractivity (Wildman–Crippen MR) is 167 cm³/mol. The van der Waals surface area contributed by atoms with Crippen LogP contribution in [0.25, 0.3) is 0 Å². The van der Waals surface area contributed by atoms with Crippen molar-refractivity contribution in [1.82, 2.24) is 0 Å². The first kappa shape index (κ1) is 27.4. The Morgan fingerprint density at radius 3 is 1.70 bits per heavy atom. The summed E-state index contributed by atoms with van der Waals surface area (Å²) >= 11 is -0.776. The molecule has 2 bridgehead atoms. The number of anilines is 1. The molecule has 3 unspecified atom stereocenters. The Balaban J connectivity index is 1.81. The van der Waals surface area contributed by atoms with Gasteiger partial charge in [-0.2, -0.15) is 0 Å². The maximum absolute atomic E-state index is 3.03. The Hall–Kier alpha value is -1.13. The van der Waals surface area contributed by atoms with E-state index >= 15 is 0 Å². The van der Waals surface area contributed by atoms with Crippen LogP contribution in [0.3, 0.4) is 0 Å². The van der Waals surface area contributed by atoms with Crippen molar-refractivity contribution in [3.05, 3.63) is 68.8 Å². The first-order valence-corrected chi connectivity index (χ1v) is 20.3. The van der Waals surface area contributed by atoms with Crippen LogP contribution in [0.4, 0.5) is 5.69 Å². The van der Waals surface area contributed by atoms with Crippen LogP contribution >= 0.6 is 8.72 Å². The number of nitrogens with zero attached hydrogens (tertiary/aromatic N) is 1. The molecule has 1 aliphatic heterocycles. The quantitative estimate of drug-likeness (QED) is 0.297. The van der Waals surface area contributed by atoms with Gasteiger partial charge in [0.1, 0.15) is 0 Å². The molecular formula is C34H49GeNS. The number of hydrogen-bond acceptors (Lipinski definition) is 1. The summed E-state index contributed by atoms with van der Waals surface area (Å²) in [5.41, 5.74) is 11.4. The molecule has 0 radical (unpaired) electrons. The molecule has 0 aromatic heterocycles. The molecule has 1 fully saturated rings. The van der Waals surface area contributed by atoms with Crippen LogP contribution in [0, 0.1) is 11.8 Å². The molecule has 3 atom stereocenters. The van der Waals surface area contributed by atoms with Gasteiger partial charge in [0, 0.05) is 0 Å². The van der Waals surface area contributed by atoms with Crippen molar-refractivity contribution in [3.8, 4) is 0 Å². The van der Waals surface area contributed by atoms with E-state index in [4.69, 9.17) is 0 Å². The number of fused-ring (bicyclic) bond motifs is 4. The van der Waals surface area contributed by atoms with Crippen molar-refractivity contribution in [2.45, 2.75) is 123 Å². The molecule has 0 amide bonds. The molecule has 3 aliphatic rings. The van der Waals surface area contributed by atoms with Crippen molar-refractivity contribution >= 4 is 28.4 Å². The van der Waals surface area contributed by atoms with E-state index in [1.54, 1.807) is 32.8 Å². The van der Waals surface area contributed by atoms with Crippen molar-refractivity contribution in [2.24, 2.45) is 11.8 Å². The van der Waals surface area contributed by atoms with Gasteiger partial charge in [-0.25, -0.2) is 0 Å². The summed E-state index contributed by atoms with van der Waals surface area (Å²) in [6.07, 6.45) is 4.26. The summed E-state index contributed by atoms with van der Waals surface area (Å²) in [4.78, 5) is 3.70. The summed E-state index contributed by atoms with van der Waals surface area (Å²) in [5.74, 6) is 4.47. The van der Waals surface area contributed by atoms with Gasteiger partial charge >= 0.3 is 236 Å². The second kappa shape index (κ2) is 10.5. The number of para-hydroxylation sites is 1. The van der Waals surface area contributed by atoms with E-state index in [2.05, 4.69) is 103 Å². The fourth-order valence-corrected chi connectivity index (χ4v) is 19.3. The number of hydrogen-bond donors (Lipinski definition) is 0. The second-order valence-electron chi connectivity index (χ2n) is 13.4. The molecule has 0 N–H and O–H groups in total. The average molecular weight is 576 g/mol. The minimum atomic E-state index is -0.776. The van der Waals surface area contributed by atoms with Crippen LogP contribution in [0.1, 0.15) is 146 Å². The predicted octanol–water partition coefficient (Wildman–Crippen LogP) is 10.4. The van der Waals surface area contributed by atoms with Gasteiger partial charge in [0.25, 0.3) is 0 Å². The minimum absolute atomic E-state index is 0.307. The van der Waals surface area contributed by atoms with Gasteiger partial charge in [0.05, 0.1) is 0 Å². The molecule has 1 saturated carbocycles. The SMILES string of the molecule is CC(C)c1cc(C(C)C)c([S]2=[GeH][N](c3c(C(C)C)cccc3C(C)C)C3=C2C2CCC3C2)c(C(C)C)c1. The number of rotatable bonds is 7. The van der Waals surface area contributed by atoms with E-state index in [9.17, 15) is 0 Å². The molecule has 3 heteroatoms. The average Bonchev–Trinajstić information content (AvgIpc) is 3.55. The Bertz CT molecular complexity index is 1210. The fourth-order valence-electron chi connectivity index (χ4n) is 6.97. The molecule has 200 valence electrons. The van der Waals surface area contributed by atoms with Gasteiger partial charge in [-0.05, 0) is 0 Å². The van der Waals surface area contributed by atoms with Crippen molar-refractivity contribution in [3.63, 3.8) is 0 Å². The molecule has 2 aromatic carbocycles. The number of benzene rings is 2. The Morgan fingerprint density at radius 2 is 1.22 bits per heavy atom. The third kappa shape index (κ3) is 4.67. The van der Waals surface area contributed by atoms with Gasteiger partial charge in [0.15, 0.2) is 0 Å². The van der Waals surface area contributed by atoms with Crippen LogP contribution in [-0.4, -0.2) is 14.0 Å². The van der Waals surface area contributed by atoms with Gasteiger partial charge in [0.2, 0.25) is 0 Å². The molecule has 2 aliphatic carbocycles. The first-order valence-electron chi connectivity index (χ1n) is 14.9.